The highest BCUT2D eigenvalue weighted by molar-refractivity contribution is 6.00. The summed E-state index contributed by atoms with van der Waals surface area (Å²) in [5.41, 5.74) is 8.85. The van der Waals surface area contributed by atoms with Crippen LogP contribution in [0.15, 0.2) is 36.4 Å². The van der Waals surface area contributed by atoms with E-state index in [1.54, 1.807) is 4.90 Å². The molecule has 0 spiro atoms. The van der Waals surface area contributed by atoms with Gasteiger partial charge in [0.25, 0.3) is 11.8 Å². The van der Waals surface area contributed by atoms with Crippen molar-refractivity contribution in [2.45, 2.75) is 132 Å². The van der Waals surface area contributed by atoms with Gasteiger partial charge >= 0.3 is 6.09 Å². The number of carbonyl (C=O) groups excluding carboxylic acids is 3. The minimum Gasteiger partial charge on any atom is -0.444 e. The van der Waals surface area contributed by atoms with Crippen LogP contribution in [0.1, 0.15) is 130 Å². The number of benzene rings is 2. The second-order valence-corrected chi connectivity index (χ2v) is 18.1. The van der Waals surface area contributed by atoms with Gasteiger partial charge in [-0.25, -0.2) is 4.79 Å². The number of hydrogen-bond acceptors (Lipinski definition) is 5. The predicted octanol–water partition coefficient (Wildman–Crippen LogP) is 8.79. The molecule has 57 heavy (non-hydrogen) atoms. The number of rotatable bonds is 6. The van der Waals surface area contributed by atoms with Gasteiger partial charge in [0.15, 0.2) is 0 Å². The summed E-state index contributed by atoms with van der Waals surface area (Å²) in [6.45, 7) is 23.2. The molecular formula is C47H66N6O4. The second kappa shape index (κ2) is 17.3. The Bertz CT molecular complexity index is 2090. The van der Waals surface area contributed by atoms with Gasteiger partial charge in [-0.1, -0.05) is 27.7 Å². The molecule has 4 aliphatic heterocycles. The molecular weight excluding hydrogens is 713 g/mol. The van der Waals surface area contributed by atoms with Crippen molar-refractivity contribution < 1.29 is 19.1 Å². The molecule has 4 aromatic rings. The number of nitrogens with zero attached hydrogens (tertiary/aromatic N) is 5. The van der Waals surface area contributed by atoms with E-state index < -0.39 is 5.60 Å². The number of amides is 3. The number of aryl methyl sites for hydroxylation is 2. The van der Waals surface area contributed by atoms with Crippen LogP contribution in [-0.4, -0.2) is 86.6 Å². The number of fused-ring (bicyclic) bond motifs is 6. The van der Waals surface area contributed by atoms with E-state index in [0.717, 1.165) is 137 Å². The number of nitrogens with one attached hydrogen (secondary N) is 1. The Morgan fingerprint density at radius 2 is 1.18 bits per heavy atom. The number of aromatic nitrogens is 2. The Morgan fingerprint density at radius 3 is 1.67 bits per heavy atom. The molecule has 3 amide bonds. The maximum atomic E-state index is 13.2. The third-order valence-corrected chi connectivity index (χ3v) is 12.6. The molecule has 0 aliphatic carbocycles. The smallest absolute Gasteiger partial charge is 0.410 e. The fourth-order valence-corrected chi connectivity index (χ4v) is 9.33. The molecule has 2 fully saturated rings. The van der Waals surface area contributed by atoms with E-state index in [0.29, 0.717) is 19.0 Å². The van der Waals surface area contributed by atoms with Crippen LogP contribution in [0.25, 0.3) is 21.8 Å². The lowest BCUT2D eigenvalue weighted by Gasteiger charge is -2.31. The molecule has 4 aliphatic rings. The highest BCUT2D eigenvalue weighted by Gasteiger charge is 2.31. The number of ether oxygens (including phenoxy) is 1. The molecule has 0 saturated carbocycles. The molecule has 1 N–H and O–H groups in total. The summed E-state index contributed by atoms with van der Waals surface area (Å²) in [6.07, 6.45) is 8.18. The summed E-state index contributed by atoms with van der Waals surface area (Å²) in [5.74, 6) is 1.76. The monoisotopic (exact) mass is 779 g/mol. The molecule has 10 nitrogen and oxygen atoms in total. The first-order chi connectivity index (χ1) is 27.4. The number of hydrogen-bond donors (Lipinski definition) is 1. The fraction of sp³-hybridized carbons (Fsp3) is 0.596. The molecule has 2 saturated heterocycles. The first kappa shape index (κ1) is 40.9. The van der Waals surface area contributed by atoms with Gasteiger partial charge < -0.3 is 33.9 Å². The zero-order chi connectivity index (χ0) is 40.4. The van der Waals surface area contributed by atoms with Crippen molar-refractivity contribution in [3.63, 3.8) is 0 Å². The van der Waals surface area contributed by atoms with Gasteiger partial charge in [0.05, 0.1) is 6.54 Å². The molecule has 6 heterocycles. The maximum absolute atomic E-state index is 13.2. The minimum atomic E-state index is -0.515. The molecule has 2 aromatic carbocycles. The van der Waals surface area contributed by atoms with Crippen molar-refractivity contribution in [1.82, 2.24) is 29.2 Å². The van der Waals surface area contributed by atoms with E-state index in [1.807, 2.05) is 42.7 Å². The largest absolute Gasteiger partial charge is 0.444 e. The van der Waals surface area contributed by atoms with Gasteiger partial charge in [-0.05, 0) is 113 Å². The molecule has 0 bridgehead atoms. The average Bonchev–Trinajstić information content (AvgIpc) is 3.68. The summed E-state index contributed by atoms with van der Waals surface area (Å²) in [6, 6.07) is 12.5. The molecule has 0 atom stereocenters. The lowest BCUT2D eigenvalue weighted by molar-refractivity contribution is 0.0223. The van der Waals surface area contributed by atoms with E-state index in [-0.39, 0.29) is 17.9 Å². The second-order valence-electron chi connectivity index (χ2n) is 18.1. The van der Waals surface area contributed by atoms with Crippen molar-refractivity contribution >= 4 is 39.7 Å². The standard InChI is InChI=1S/C26H37N3O3.C21H29N3O/c1-6-12-29-22-8-7-19(24(30)27-13-9-18(2)10-14-27)16-20(22)21-17-28(15-11-23(21)29)25(31)32-26(3,4)5;1-3-10-24-19-5-4-16(21(25)23-11-7-15(2)8-12-23)13-17(19)18-14-22-9-6-20(18)24/h7-8,16,18H,6,9-15,17H2,1-5H3;4-5,13,15,22H,3,6-12,14H2,1-2H3. The van der Waals surface area contributed by atoms with Gasteiger partial charge in [0.2, 0.25) is 0 Å². The van der Waals surface area contributed by atoms with Gasteiger partial charge in [0, 0.05) is 122 Å². The summed E-state index contributed by atoms with van der Waals surface area (Å²) in [7, 11) is 0. The summed E-state index contributed by atoms with van der Waals surface area (Å²) >= 11 is 0. The average molecular weight is 779 g/mol. The number of piperidine rings is 2. The van der Waals surface area contributed by atoms with Crippen LogP contribution in [-0.2, 0) is 43.8 Å². The Morgan fingerprint density at radius 1 is 0.684 bits per heavy atom. The van der Waals surface area contributed by atoms with Crippen molar-refractivity contribution in [3.8, 4) is 0 Å². The summed E-state index contributed by atoms with van der Waals surface area (Å²) < 4.78 is 10.5. The van der Waals surface area contributed by atoms with Gasteiger partial charge in [-0.2, -0.15) is 0 Å². The van der Waals surface area contributed by atoms with Gasteiger partial charge in [-0.3, -0.25) is 9.59 Å². The van der Waals surface area contributed by atoms with E-state index in [1.165, 1.54) is 27.9 Å². The predicted molar refractivity (Wildman–Crippen MR) is 229 cm³/mol. The third kappa shape index (κ3) is 8.76. The van der Waals surface area contributed by atoms with Crippen molar-refractivity contribution in [2.24, 2.45) is 11.8 Å². The normalized spacial score (nSPS) is 18.0. The van der Waals surface area contributed by atoms with Crippen LogP contribution in [0.5, 0.6) is 0 Å². The van der Waals surface area contributed by atoms with Crippen molar-refractivity contribution in [2.75, 3.05) is 39.3 Å². The molecule has 8 rings (SSSR count). The van der Waals surface area contributed by atoms with Crippen LogP contribution in [0.2, 0.25) is 0 Å². The third-order valence-electron chi connectivity index (χ3n) is 12.6. The van der Waals surface area contributed by atoms with Crippen LogP contribution < -0.4 is 5.32 Å². The van der Waals surface area contributed by atoms with E-state index in [9.17, 15) is 14.4 Å². The lowest BCUT2D eigenvalue weighted by Crippen LogP contribution is -2.40. The van der Waals surface area contributed by atoms with E-state index >= 15 is 0 Å². The highest BCUT2D eigenvalue weighted by atomic mass is 16.6. The van der Waals surface area contributed by atoms with Crippen LogP contribution in [0.4, 0.5) is 4.79 Å². The van der Waals surface area contributed by atoms with Gasteiger partial charge in [-0.15, -0.1) is 0 Å². The molecule has 0 unspecified atom stereocenters. The van der Waals surface area contributed by atoms with Crippen LogP contribution in [0, 0.1) is 11.8 Å². The van der Waals surface area contributed by atoms with Crippen LogP contribution >= 0.6 is 0 Å². The molecule has 0 radical (unpaired) electrons. The van der Waals surface area contributed by atoms with Crippen LogP contribution in [0.3, 0.4) is 0 Å². The first-order valence-electron chi connectivity index (χ1n) is 21.9. The lowest BCUT2D eigenvalue weighted by atomic mass is 9.98. The van der Waals surface area contributed by atoms with Crippen molar-refractivity contribution in [1.29, 1.82) is 0 Å². The quantitative estimate of drug-likeness (QED) is 0.211. The summed E-state index contributed by atoms with van der Waals surface area (Å²) in [5, 5.41) is 5.86. The highest BCUT2D eigenvalue weighted by Crippen LogP contribution is 2.34. The Hall–Kier alpha value is -4.31. The van der Waals surface area contributed by atoms with Gasteiger partial charge in [0.1, 0.15) is 5.60 Å². The van der Waals surface area contributed by atoms with Crippen molar-refractivity contribution in [3.05, 3.63) is 70.0 Å². The molecule has 10 heteroatoms. The Kier molecular flexibility index (Phi) is 12.4. The number of likely N-dealkylation sites (tertiary alicyclic amines) is 2. The topological polar surface area (TPSA) is 92.0 Å². The first-order valence-corrected chi connectivity index (χ1v) is 21.9. The summed E-state index contributed by atoms with van der Waals surface area (Å²) in [4.78, 5) is 44.7. The van der Waals surface area contributed by atoms with E-state index in [4.69, 9.17) is 4.74 Å². The molecule has 308 valence electrons. The zero-order valence-electron chi connectivity index (χ0n) is 35.7. The van der Waals surface area contributed by atoms with E-state index in [2.05, 4.69) is 66.4 Å². The SMILES string of the molecule is CCCn1c2c(c3cc(C(=O)N4CCC(C)CC4)ccc31)CN(C(=O)OC(C)(C)C)CC2.CCCn1c2c(c3cc(C(=O)N4CCC(C)CC4)ccc31)CNCC2. The zero-order valence-corrected chi connectivity index (χ0v) is 35.7. The Labute approximate surface area is 339 Å². The Balaban J connectivity index is 0.000000179. The molecule has 2 aromatic heterocycles. The number of carbonyl (C=O) groups is 3. The fourth-order valence-electron chi connectivity index (χ4n) is 9.33. The minimum absolute atomic E-state index is 0.121. The maximum Gasteiger partial charge on any atom is 0.410 e.